The molecule has 1 aliphatic heterocycles. The van der Waals surface area contributed by atoms with Gasteiger partial charge in [-0.05, 0) is 18.1 Å². The zero-order valence-corrected chi connectivity index (χ0v) is 12.8. The fourth-order valence-corrected chi connectivity index (χ4v) is 3.03. The van der Waals surface area contributed by atoms with Gasteiger partial charge in [-0.1, -0.05) is 20.8 Å². The van der Waals surface area contributed by atoms with Crippen molar-refractivity contribution in [2.24, 2.45) is 0 Å². The Morgan fingerprint density at radius 3 is 2.39 bits per heavy atom. The maximum atomic E-state index is 11.4. The molecular weight excluding hydrogens is 252 g/mol. The summed E-state index contributed by atoms with van der Waals surface area (Å²) in [6.45, 7) is 10.6. The van der Waals surface area contributed by atoms with E-state index in [1.807, 2.05) is 0 Å². The van der Waals surface area contributed by atoms with Crippen LogP contribution in [-0.2, 0) is 14.0 Å². The molecule has 0 bridgehead atoms. The smallest absolute Gasteiger partial charge is 0.308 e. The summed E-state index contributed by atoms with van der Waals surface area (Å²) in [5.74, 6) is -0.428. The van der Waals surface area contributed by atoms with E-state index in [4.69, 9.17) is 19.4 Å². The molecule has 0 amide bonds. The first kappa shape index (κ1) is 15.6. The number of aliphatic hydroxyl groups is 2. The molecule has 2 atom stereocenters. The first-order valence-corrected chi connectivity index (χ1v) is 9.17. The summed E-state index contributed by atoms with van der Waals surface area (Å²) in [6, 6.07) is 0. The number of carbonyl (C=O) groups is 1. The Labute approximate surface area is 109 Å². The van der Waals surface area contributed by atoms with E-state index >= 15 is 0 Å². The Kier molecular flexibility index (Phi) is 4.59. The summed E-state index contributed by atoms with van der Waals surface area (Å²) < 4.78 is 11.0. The Bertz CT molecular complexity index is 308. The van der Waals surface area contributed by atoms with Crippen molar-refractivity contribution in [1.82, 2.24) is 0 Å². The van der Waals surface area contributed by atoms with Crippen molar-refractivity contribution >= 4 is 14.3 Å². The summed E-state index contributed by atoms with van der Waals surface area (Å²) in [6.07, 6.45) is -2.26. The van der Waals surface area contributed by atoms with Gasteiger partial charge >= 0.3 is 5.97 Å². The monoisotopic (exact) mass is 276 g/mol. The molecule has 1 saturated heterocycles. The summed E-state index contributed by atoms with van der Waals surface area (Å²) in [5.41, 5.74) is 0. The third-order valence-electron chi connectivity index (χ3n) is 3.77. The van der Waals surface area contributed by atoms with E-state index in [0.29, 0.717) is 6.42 Å². The third-order valence-corrected chi connectivity index (χ3v) is 8.31. The van der Waals surface area contributed by atoms with E-state index in [2.05, 4.69) is 33.9 Å². The molecule has 1 unspecified atom stereocenters. The van der Waals surface area contributed by atoms with Gasteiger partial charge in [0.25, 0.3) is 0 Å². The lowest BCUT2D eigenvalue weighted by Gasteiger charge is -2.41. The van der Waals surface area contributed by atoms with E-state index in [0.717, 1.165) is 0 Å². The lowest BCUT2D eigenvalue weighted by atomic mass is 10.1. The van der Waals surface area contributed by atoms with Crippen molar-refractivity contribution in [3.8, 4) is 0 Å². The molecule has 0 aromatic carbocycles. The topological polar surface area (TPSA) is 76.0 Å². The van der Waals surface area contributed by atoms with Crippen LogP contribution in [0, 0.1) is 0 Å². The second-order valence-electron chi connectivity index (χ2n) is 6.38. The highest BCUT2D eigenvalue weighted by Crippen LogP contribution is 2.38. The number of hydrogen-bond acceptors (Lipinski definition) is 5. The van der Waals surface area contributed by atoms with Gasteiger partial charge in [-0.15, -0.1) is 0 Å². The van der Waals surface area contributed by atoms with Crippen molar-refractivity contribution < 1.29 is 24.2 Å². The molecule has 6 heteroatoms. The molecule has 0 saturated carbocycles. The van der Waals surface area contributed by atoms with Gasteiger partial charge < -0.3 is 19.4 Å². The molecular formula is C12H24O5Si. The predicted molar refractivity (Wildman–Crippen MR) is 69.4 cm³/mol. The van der Waals surface area contributed by atoms with Gasteiger partial charge in [0.05, 0.1) is 12.5 Å². The van der Waals surface area contributed by atoms with Crippen LogP contribution in [0.25, 0.3) is 0 Å². The number of cyclic esters (lactones) is 1. The average molecular weight is 276 g/mol. The molecule has 0 aromatic rings. The number of esters is 1. The molecule has 1 heterocycles. The molecule has 1 fully saturated rings. The van der Waals surface area contributed by atoms with E-state index in [9.17, 15) is 4.79 Å². The van der Waals surface area contributed by atoms with Crippen LogP contribution in [-0.4, -0.2) is 43.0 Å². The normalized spacial score (nSPS) is 26.3. The Hall–Kier alpha value is -0.433. The maximum absolute atomic E-state index is 11.4. The van der Waals surface area contributed by atoms with Crippen LogP contribution in [0.4, 0.5) is 0 Å². The standard InChI is InChI=1S/C12H24O5Si/c1-12(2,3)18(4,5)17-8-6-9(11(14)15)16-10(13)7-8/h8-9,11,14-15H,6-7H2,1-5H3/t8?,9-/m1/s1. The molecule has 18 heavy (non-hydrogen) atoms. The summed E-state index contributed by atoms with van der Waals surface area (Å²) in [5, 5.41) is 18.3. The van der Waals surface area contributed by atoms with E-state index in [1.54, 1.807) is 0 Å². The number of hydrogen-bond donors (Lipinski definition) is 2. The second-order valence-corrected chi connectivity index (χ2v) is 11.1. The van der Waals surface area contributed by atoms with Crippen molar-refractivity contribution in [3.63, 3.8) is 0 Å². The van der Waals surface area contributed by atoms with Crippen LogP contribution in [0.5, 0.6) is 0 Å². The number of carbonyl (C=O) groups excluding carboxylic acids is 1. The van der Waals surface area contributed by atoms with Gasteiger partial charge in [-0.3, -0.25) is 4.79 Å². The van der Waals surface area contributed by atoms with Gasteiger partial charge in [0.1, 0.15) is 0 Å². The number of rotatable bonds is 3. The first-order valence-electron chi connectivity index (χ1n) is 6.26. The summed E-state index contributed by atoms with van der Waals surface area (Å²) in [4.78, 5) is 11.4. The van der Waals surface area contributed by atoms with Crippen molar-refractivity contribution in [3.05, 3.63) is 0 Å². The largest absolute Gasteiger partial charge is 0.457 e. The molecule has 106 valence electrons. The van der Waals surface area contributed by atoms with Crippen molar-refractivity contribution in [2.75, 3.05) is 0 Å². The fourth-order valence-electron chi connectivity index (χ4n) is 1.66. The molecule has 0 radical (unpaired) electrons. The van der Waals surface area contributed by atoms with Crippen LogP contribution in [0.3, 0.4) is 0 Å². The van der Waals surface area contributed by atoms with Crippen molar-refractivity contribution in [2.45, 2.75) is 70.2 Å². The van der Waals surface area contributed by atoms with Gasteiger partial charge in [0, 0.05) is 6.42 Å². The van der Waals surface area contributed by atoms with Crippen LogP contribution in [0.15, 0.2) is 0 Å². The lowest BCUT2D eigenvalue weighted by molar-refractivity contribution is -0.191. The van der Waals surface area contributed by atoms with Gasteiger partial charge in [-0.25, -0.2) is 0 Å². The van der Waals surface area contributed by atoms with Crippen molar-refractivity contribution in [1.29, 1.82) is 0 Å². The number of ether oxygens (including phenoxy) is 1. The lowest BCUT2D eigenvalue weighted by Crippen LogP contribution is -2.48. The van der Waals surface area contributed by atoms with Crippen LogP contribution < -0.4 is 0 Å². The highest BCUT2D eigenvalue weighted by molar-refractivity contribution is 6.74. The highest BCUT2D eigenvalue weighted by Gasteiger charge is 2.42. The van der Waals surface area contributed by atoms with Crippen LogP contribution >= 0.6 is 0 Å². The second kappa shape index (κ2) is 5.28. The molecule has 0 spiro atoms. The van der Waals surface area contributed by atoms with Crippen LogP contribution in [0.2, 0.25) is 18.1 Å². The SMILES string of the molecule is CC(C)(C)[Si](C)(C)OC1CC(=O)O[C@@H](C(O)O)C1. The zero-order chi connectivity index (χ0) is 14.1. The summed E-state index contributed by atoms with van der Waals surface area (Å²) >= 11 is 0. The van der Waals surface area contributed by atoms with E-state index < -0.39 is 26.7 Å². The Morgan fingerprint density at radius 1 is 1.39 bits per heavy atom. The van der Waals surface area contributed by atoms with E-state index in [-0.39, 0.29) is 17.6 Å². The molecule has 1 rings (SSSR count). The third kappa shape index (κ3) is 3.78. The molecule has 0 aliphatic carbocycles. The zero-order valence-electron chi connectivity index (χ0n) is 11.8. The summed E-state index contributed by atoms with van der Waals surface area (Å²) in [7, 11) is -1.96. The van der Waals surface area contributed by atoms with Crippen LogP contribution in [0.1, 0.15) is 33.6 Å². The molecule has 1 aliphatic rings. The average Bonchev–Trinajstić information content (AvgIpc) is 2.13. The maximum Gasteiger partial charge on any atom is 0.308 e. The minimum Gasteiger partial charge on any atom is -0.457 e. The minimum atomic E-state index is -1.96. The van der Waals surface area contributed by atoms with Gasteiger partial charge in [-0.2, -0.15) is 0 Å². The number of aliphatic hydroxyl groups excluding tert-OH is 1. The fraction of sp³-hybridized carbons (Fsp3) is 0.917. The predicted octanol–water partition coefficient (Wildman–Crippen LogP) is 1.39. The molecule has 5 nitrogen and oxygen atoms in total. The minimum absolute atomic E-state index is 0.0572. The van der Waals surface area contributed by atoms with E-state index in [1.165, 1.54) is 0 Å². The molecule has 2 N–H and O–H groups in total. The quantitative estimate of drug-likeness (QED) is 0.463. The first-order chi connectivity index (χ1) is 8.03. The highest BCUT2D eigenvalue weighted by atomic mass is 28.4. The Balaban J connectivity index is 2.70. The Morgan fingerprint density at radius 2 is 1.94 bits per heavy atom. The van der Waals surface area contributed by atoms with Gasteiger partial charge in [0.15, 0.2) is 20.7 Å². The van der Waals surface area contributed by atoms with Gasteiger partial charge in [0.2, 0.25) is 0 Å². The molecule has 0 aromatic heterocycles.